The molecule has 34 heavy (non-hydrogen) atoms. The zero-order valence-electron chi connectivity index (χ0n) is 18.7. The van der Waals surface area contributed by atoms with Gasteiger partial charge in [-0.3, -0.25) is 24.6 Å². The molecule has 2 amide bonds. The minimum absolute atomic E-state index is 0.0584. The number of rotatable bonds is 5. The van der Waals surface area contributed by atoms with Gasteiger partial charge in [-0.2, -0.15) is 0 Å². The van der Waals surface area contributed by atoms with Crippen molar-refractivity contribution in [1.82, 2.24) is 24.6 Å². The van der Waals surface area contributed by atoms with Crippen LogP contribution in [0.4, 0.5) is 10.5 Å². The van der Waals surface area contributed by atoms with Gasteiger partial charge in [-0.15, -0.1) is 10.2 Å². The topological polar surface area (TPSA) is 141 Å². The van der Waals surface area contributed by atoms with Crippen molar-refractivity contribution in [1.29, 1.82) is 0 Å². The van der Waals surface area contributed by atoms with Crippen LogP contribution in [-0.4, -0.2) is 71.0 Å². The molecule has 13 heteroatoms. The molecule has 2 aliphatic heterocycles. The molecule has 0 spiro atoms. The summed E-state index contributed by atoms with van der Waals surface area (Å²) in [6.07, 6.45) is -0.322. The number of nitrogens with zero attached hydrogens (tertiary/aromatic N) is 6. The van der Waals surface area contributed by atoms with Crippen molar-refractivity contribution in [2.75, 3.05) is 13.1 Å². The number of fused-ring (bicyclic) bond motifs is 1. The molecule has 0 radical (unpaired) electrons. The second-order valence-electron chi connectivity index (χ2n) is 8.19. The van der Waals surface area contributed by atoms with Crippen molar-refractivity contribution in [3.8, 4) is 0 Å². The standard InChI is InChI=1S/C21H24N6O6S/c1-13-22-23-19-11-24(7-8-25(13)19)20(29)18-9-17(34-14(2)28)10-26(18)21(30)33-12-15-3-5-16(6-4-15)27(31)32/h3-6,17-18H,7-12H2,1-2H3/t17-,18-/m0/s1. The Balaban J connectivity index is 1.44. The minimum atomic E-state index is -0.753. The van der Waals surface area contributed by atoms with Crippen molar-refractivity contribution in [3.05, 3.63) is 51.6 Å². The Hall–Kier alpha value is -3.48. The maximum absolute atomic E-state index is 13.4. The van der Waals surface area contributed by atoms with Crippen LogP contribution in [0.5, 0.6) is 0 Å². The summed E-state index contributed by atoms with van der Waals surface area (Å²) in [6.45, 7) is 4.77. The number of benzene rings is 1. The lowest BCUT2D eigenvalue weighted by Gasteiger charge is -2.32. The number of likely N-dealkylation sites (tertiary alicyclic amines) is 1. The monoisotopic (exact) mass is 488 g/mol. The molecule has 1 aromatic heterocycles. The fraction of sp³-hybridized carbons (Fsp3) is 0.476. The van der Waals surface area contributed by atoms with Gasteiger partial charge in [-0.25, -0.2) is 4.79 Å². The largest absolute Gasteiger partial charge is 0.445 e. The highest BCUT2D eigenvalue weighted by Crippen LogP contribution is 2.31. The minimum Gasteiger partial charge on any atom is -0.445 e. The quantitative estimate of drug-likeness (QED) is 0.456. The molecule has 0 unspecified atom stereocenters. The van der Waals surface area contributed by atoms with Crippen LogP contribution in [0.1, 0.15) is 30.6 Å². The molecular formula is C21H24N6O6S. The van der Waals surface area contributed by atoms with Crippen molar-refractivity contribution in [2.45, 2.75) is 51.3 Å². The van der Waals surface area contributed by atoms with Gasteiger partial charge in [0.2, 0.25) is 5.91 Å². The van der Waals surface area contributed by atoms with Crippen LogP contribution >= 0.6 is 11.8 Å². The van der Waals surface area contributed by atoms with E-state index in [1.54, 1.807) is 4.90 Å². The second kappa shape index (κ2) is 9.79. The van der Waals surface area contributed by atoms with Gasteiger partial charge in [0.25, 0.3) is 5.69 Å². The van der Waals surface area contributed by atoms with Gasteiger partial charge in [-0.1, -0.05) is 11.8 Å². The third kappa shape index (κ3) is 5.03. The van der Waals surface area contributed by atoms with E-state index in [0.717, 1.165) is 17.6 Å². The summed E-state index contributed by atoms with van der Waals surface area (Å²) in [4.78, 5) is 51.3. The molecule has 3 heterocycles. The van der Waals surface area contributed by atoms with Crippen molar-refractivity contribution >= 4 is 34.6 Å². The van der Waals surface area contributed by atoms with Gasteiger partial charge in [0.1, 0.15) is 18.5 Å². The molecule has 1 fully saturated rings. The van der Waals surface area contributed by atoms with E-state index >= 15 is 0 Å². The number of non-ortho nitro benzene ring substituents is 1. The normalized spacial score (nSPS) is 19.6. The Morgan fingerprint density at radius 3 is 2.62 bits per heavy atom. The third-order valence-electron chi connectivity index (χ3n) is 5.87. The number of thioether (sulfide) groups is 1. The number of aromatic nitrogens is 3. The summed E-state index contributed by atoms with van der Waals surface area (Å²) in [7, 11) is 0. The number of carbonyl (C=O) groups excluding carboxylic acids is 3. The van der Waals surface area contributed by atoms with Gasteiger partial charge >= 0.3 is 6.09 Å². The third-order valence-corrected chi connectivity index (χ3v) is 6.88. The highest BCUT2D eigenvalue weighted by Gasteiger charge is 2.43. The van der Waals surface area contributed by atoms with E-state index in [0.29, 0.717) is 37.4 Å². The lowest BCUT2D eigenvalue weighted by atomic mass is 10.1. The number of nitro groups is 1. The number of nitro benzene ring substituents is 1. The highest BCUT2D eigenvalue weighted by molar-refractivity contribution is 8.14. The Labute approximate surface area is 199 Å². The predicted octanol–water partition coefficient (Wildman–Crippen LogP) is 1.90. The van der Waals surface area contributed by atoms with Gasteiger partial charge < -0.3 is 14.2 Å². The summed E-state index contributed by atoms with van der Waals surface area (Å²) in [6, 6.07) is 4.94. The second-order valence-corrected chi connectivity index (χ2v) is 9.67. The first-order chi connectivity index (χ1) is 16.2. The molecule has 2 aliphatic rings. The van der Waals surface area contributed by atoms with E-state index in [9.17, 15) is 24.5 Å². The average Bonchev–Trinajstić information content (AvgIpc) is 3.40. The number of amides is 2. The summed E-state index contributed by atoms with van der Waals surface area (Å²) < 4.78 is 7.38. The number of carbonyl (C=O) groups is 3. The van der Waals surface area contributed by atoms with Crippen LogP contribution in [0.15, 0.2) is 24.3 Å². The molecule has 0 aliphatic carbocycles. The molecule has 0 bridgehead atoms. The summed E-state index contributed by atoms with van der Waals surface area (Å²) in [5.74, 6) is 1.26. The first-order valence-electron chi connectivity index (χ1n) is 10.7. The summed E-state index contributed by atoms with van der Waals surface area (Å²) >= 11 is 1.11. The number of ether oxygens (including phenoxy) is 1. The average molecular weight is 489 g/mol. The van der Waals surface area contributed by atoms with Crippen LogP contribution in [0, 0.1) is 17.0 Å². The maximum Gasteiger partial charge on any atom is 0.410 e. The first-order valence-corrected chi connectivity index (χ1v) is 11.6. The predicted molar refractivity (Wildman–Crippen MR) is 121 cm³/mol. The van der Waals surface area contributed by atoms with Crippen LogP contribution in [-0.2, 0) is 34.0 Å². The summed E-state index contributed by atoms with van der Waals surface area (Å²) in [5, 5.41) is 18.7. The molecule has 1 aromatic carbocycles. The fourth-order valence-electron chi connectivity index (χ4n) is 4.20. The molecule has 0 saturated carbocycles. The molecule has 1 saturated heterocycles. The fourth-order valence-corrected chi connectivity index (χ4v) is 5.18. The van der Waals surface area contributed by atoms with E-state index in [-0.39, 0.29) is 35.1 Å². The van der Waals surface area contributed by atoms with Crippen molar-refractivity contribution in [3.63, 3.8) is 0 Å². The van der Waals surface area contributed by atoms with E-state index < -0.39 is 17.1 Å². The smallest absolute Gasteiger partial charge is 0.410 e. The van der Waals surface area contributed by atoms with Gasteiger partial charge in [0.15, 0.2) is 10.9 Å². The Bertz CT molecular complexity index is 1120. The molecule has 4 rings (SSSR count). The van der Waals surface area contributed by atoms with Crippen LogP contribution in [0.3, 0.4) is 0 Å². The number of hydrogen-bond donors (Lipinski definition) is 0. The van der Waals surface area contributed by atoms with Gasteiger partial charge in [0.05, 0.1) is 11.5 Å². The molecular weight excluding hydrogens is 464 g/mol. The van der Waals surface area contributed by atoms with E-state index in [2.05, 4.69) is 10.2 Å². The van der Waals surface area contributed by atoms with E-state index in [4.69, 9.17) is 4.74 Å². The Morgan fingerprint density at radius 1 is 1.21 bits per heavy atom. The van der Waals surface area contributed by atoms with Crippen molar-refractivity contribution in [2.24, 2.45) is 0 Å². The first kappa shape index (κ1) is 23.7. The zero-order valence-corrected chi connectivity index (χ0v) is 19.6. The van der Waals surface area contributed by atoms with E-state index in [1.165, 1.54) is 36.1 Å². The van der Waals surface area contributed by atoms with Crippen LogP contribution in [0.2, 0.25) is 0 Å². The maximum atomic E-state index is 13.4. The van der Waals surface area contributed by atoms with Crippen molar-refractivity contribution < 1.29 is 24.0 Å². The Kier molecular flexibility index (Phi) is 6.82. The SMILES string of the molecule is CC(=O)S[C@H]1C[C@@H](C(=O)N2CCn3c(C)nnc3C2)N(C(=O)OCc2ccc([N+](=O)[O-])cc2)C1. The zero-order chi connectivity index (χ0) is 24.4. The molecule has 2 atom stereocenters. The molecule has 12 nitrogen and oxygen atoms in total. The van der Waals surface area contributed by atoms with Crippen LogP contribution < -0.4 is 0 Å². The molecule has 0 N–H and O–H groups in total. The summed E-state index contributed by atoms with van der Waals surface area (Å²) in [5.41, 5.74) is 0.526. The number of aryl methyl sites for hydroxylation is 1. The van der Waals surface area contributed by atoms with Gasteiger partial charge in [-0.05, 0) is 31.0 Å². The van der Waals surface area contributed by atoms with E-state index in [1.807, 2.05) is 11.5 Å². The molecule has 180 valence electrons. The lowest BCUT2D eigenvalue weighted by Crippen LogP contribution is -2.50. The molecule has 2 aromatic rings. The van der Waals surface area contributed by atoms with Crippen LogP contribution in [0.25, 0.3) is 0 Å². The van der Waals surface area contributed by atoms with Gasteiger partial charge in [0, 0.05) is 43.9 Å². The number of hydrogen-bond acceptors (Lipinski definition) is 9. The highest BCUT2D eigenvalue weighted by atomic mass is 32.2. The lowest BCUT2D eigenvalue weighted by molar-refractivity contribution is -0.384. The Morgan fingerprint density at radius 2 is 1.94 bits per heavy atom.